The lowest BCUT2D eigenvalue weighted by molar-refractivity contribution is -0.141. The minimum Gasteiger partial charge on any atom is -0.444 e. The molecular formula is C32H27Cl3F4N6O3. The third-order valence-corrected chi connectivity index (χ3v) is 7.61. The number of nitrogens with zero attached hydrogens (tertiary/aromatic N) is 3. The number of halogens is 7. The third-order valence-electron chi connectivity index (χ3n) is 7.28. The van der Waals surface area contributed by atoms with Crippen LogP contribution in [0.4, 0.5) is 33.7 Å². The van der Waals surface area contributed by atoms with Crippen molar-refractivity contribution in [2.45, 2.75) is 28.9 Å². The molecule has 252 valence electrons. The SMILES string of the molecule is N=CN(C(=O)OCC(Cl)(Cl)Cl)c1cccc(-n2nc(C(F)(F)F)cc2C(=O)Nc2cc(C(NCC3CC3)c3ccccc3)ccc2F)c1. The Bertz CT molecular complexity index is 1800. The molecule has 1 unspecified atom stereocenters. The maximum Gasteiger partial charge on any atom is 0.435 e. The van der Waals surface area contributed by atoms with Crippen molar-refractivity contribution in [1.82, 2.24) is 15.1 Å². The van der Waals surface area contributed by atoms with Crippen LogP contribution in [0.1, 0.15) is 46.2 Å². The van der Waals surface area contributed by atoms with Crippen molar-refractivity contribution in [3.63, 3.8) is 0 Å². The summed E-state index contributed by atoms with van der Waals surface area (Å²) >= 11 is 16.9. The van der Waals surface area contributed by atoms with Crippen LogP contribution < -0.4 is 15.5 Å². The highest BCUT2D eigenvalue weighted by atomic mass is 35.6. The summed E-state index contributed by atoms with van der Waals surface area (Å²) < 4.78 is 60.3. The Morgan fingerprint density at radius 2 is 1.75 bits per heavy atom. The van der Waals surface area contributed by atoms with Gasteiger partial charge in [0.25, 0.3) is 5.91 Å². The van der Waals surface area contributed by atoms with Gasteiger partial charge in [-0.2, -0.15) is 18.3 Å². The van der Waals surface area contributed by atoms with Gasteiger partial charge in [-0.3, -0.25) is 10.2 Å². The normalized spacial score (nSPS) is 13.9. The molecule has 0 bridgehead atoms. The lowest BCUT2D eigenvalue weighted by Gasteiger charge is -2.21. The Kier molecular flexibility index (Phi) is 10.6. The van der Waals surface area contributed by atoms with Crippen molar-refractivity contribution in [3.8, 4) is 5.69 Å². The van der Waals surface area contributed by atoms with Gasteiger partial charge in [0.05, 0.1) is 29.4 Å². The van der Waals surface area contributed by atoms with Crippen molar-refractivity contribution in [2.75, 3.05) is 23.4 Å². The number of hydrogen-bond acceptors (Lipinski definition) is 6. The molecule has 9 nitrogen and oxygen atoms in total. The third kappa shape index (κ3) is 8.84. The summed E-state index contributed by atoms with van der Waals surface area (Å²) in [6.45, 7) is 0.0799. The van der Waals surface area contributed by atoms with Gasteiger partial charge in [0.15, 0.2) is 5.69 Å². The maximum atomic E-state index is 15.1. The Labute approximate surface area is 287 Å². The number of carbonyl (C=O) groups is 2. The van der Waals surface area contributed by atoms with Gasteiger partial charge in [-0.1, -0.05) is 77.3 Å². The van der Waals surface area contributed by atoms with Crippen molar-refractivity contribution < 1.29 is 31.9 Å². The molecule has 0 radical (unpaired) electrons. The smallest absolute Gasteiger partial charge is 0.435 e. The van der Waals surface area contributed by atoms with Crippen LogP contribution in [0.3, 0.4) is 0 Å². The fourth-order valence-electron chi connectivity index (χ4n) is 4.78. The van der Waals surface area contributed by atoms with Gasteiger partial charge in [0.1, 0.15) is 18.1 Å². The predicted octanol–water partition coefficient (Wildman–Crippen LogP) is 8.29. The largest absolute Gasteiger partial charge is 0.444 e. The Morgan fingerprint density at radius 1 is 1.02 bits per heavy atom. The number of alkyl halides is 6. The van der Waals surface area contributed by atoms with Crippen LogP contribution in [-0.2, 0) is 10.9 Å². The molecule has 1 saturated carbocycles. The summed E-state index contributed by atoms with van der Waals surface area (Å²) in [5.41, 5.74) is -0.849. The molecule has 1 aliphatic rings. The van der Waals surface area contributed by atoms with E-state index in [4.69, 9.17) is 44.9 Å². The Morgan fingerprint density at radius 3 is 2.40 bits per heavy atom. The second-order valence-corrected chi connectivity index (χ2v) is 13.4. The topological polar surface area (TPSA) is 112 Å². The molecule has 1 heterocycles. The van der Waals surface area contributed by atoms with Gasteiger partial charge in [0, 0.05) is 6.07 Å². The van der Waals surface area contributed by atoms with Crippen molar-refractivity contribution in [1.29, 1.82) is 5.41 Å². The lowest BCUT2D eigenvalue weighted by Crippen LogP contribution is -2.32. The summed E-state index contributed by atoms with van der Waals surface area (Å²) in [7, 11) is 0. The zero-order valence-electron chi connectivity index (χ0n) is 24.8. The highest BCUT2D eigenvalue weighted by Crippen LogP contribution is 2.33. The summed E-state index contributed by atoms with van der Waals surface area (Å²) in [6.07, 6.45) is -3.28. The molecule has 0 saturated heterocycles. The molecule has 0 spiro atoms. The van der Waals surface area contributed by atoms with Gasteiger partial charge in [-0.25, -0.2) is 18.8 Å². The van der Waals surface area contributed by atoms with Gasteiger partial charge >= 0.3 is 12.3 Å². The molecule has 48 heavy (non-hydrogen) atoms. The van der Waals surface area contributed by atoms with Crippen LogP contribution in [0, 0.1) is 17.1 Å². The first-order valence-electron chi connectivity index (χ1n) is 14.4. The number of hydrogen-bond donors (Lipinski definition) is 3. The maximum absolute atomic E-state index is 15.1. The molecule has 5 rings (SSSR count). The molecule has 2 amide bonds. The number of benzene rings is 3. The zero-order valence-corrected chi connectivity index (χ0v) is 27.0. The van der Waals surface area contributed by atoms with Gasteiger partial charge in [0.2, 0.25) is 3.79 Å². The van der Waals surface area contributed by atoms with Crippen molar-refractivity contribution in [2.24, 2.45) is 5.92 Å². The summed E-state index contributed by atoms with van der Waals surface area (Å²) in [4.78, 5) is 26.8. The first-order chi connectivity index (χ1) is 22.7. The molecular weight excluding hydrogens is 699 g/mol. The monoisotopic (exact) mass is 724 g/mol. The van der Waals surface area contributed by atoms with E-state index in [1.165, 1.54) is 36.4 Å². The van der Waals surface area contributed by atoms with E-state index in [-0.39, 0.29) is 23.1 Å². The Hall–Kier alpha value is -4.17. The molecule has 3 aromatic carbocycles. The highest BCUT2D eigenvalue weighted by Gasteiger charge is 2.36. The number of rotatable bonds is 11. The second kappa shape index (κ2) is 14.5. The van der Waals surface area contributed by atoms with E-state index in [9.17, 15) is 22.8 Å². The average molecular weight is 726 g/mol. The van der Waals surface area contributed by atoms with Gasteiger partial charge in [-0.05, 0) is 66.8 Å². The number of ether oxygens (including phenoxy) is 1. The van der Waals surface area contributed by atoms with E-state index in [2.05, 4.69) is 15.7 Å². The first kappa shape index (κ1) is 35.1. The molecule has 4 aromatic rings. The second-order valence-electron chi connectivity index (χ2n) is 10.9. The molecule has 1 aliphatic carbocycles. The predicted molar refractivity (Wildman–Crippen MR) is 175 cm³/mol. The zero-order chi connectivity index (χ0) is 34.6. The number of anilines is 2. The molecule has 1 fully saturated rings. The van der Waals surface area contributed by atoms with E-state index in [0.717, 1.165) is 24.9 Å². The van der Waals surface area contributed by atoms with Crippen LogP contribution in [0.25, 0.3) is 5.69 Å². The van der Waals surface area contributed by atoms with Crippen LogP contribution in [0.5, 0.6) is 0 Å². The summed E-state index contributed by atoms with van der Waals surface area (Å²) in [5, 5.41) is 17.1. The minimum absolute atomic E-state index is 0.0448. The minimum atomic E-state index is -4.94. The van der Waals surface area contributed by atoms with Gasteiger partial charge < -0.3 is 15.4 Å². The lowest BCUT2D eigenvalue weighted by atomic mass is 9.97. The summed E-state index contributed by atoms with van der Waals surface area (Å²) in [6, 6.07) is 19.0. The number of carbonyl (C=O) groups excluding carboxylic acids is 2. The molecule has 1 atom stereocenters. The Balaban J connectivity index is 1.46. The number of amides is 2. The van der Waals surface area contributed by atoms with E-state index < -0.39 is 45.8 Å². The van der Waals surface area contributed by atoms with Crippen LogP contribution in [-0.4, -0.2) is 45.1 Å². The van der Waals surface area contributed by atoms with Crippen molar-refractivity contribution >= 4 is 64.5 Å². The summed E-state index contributed by atoms with van der Waals surface area (Å²) in [5.74, 6) is -1.36. The quantitative estimate of drug-likeness (QED) is 0.0624. The average Bonchev–Trinajstić information content (AvgIpc) is 3.75. The van der Waals surface area contributed by atoms with E-state index >= 15 is 4.39 Å². The highest BCUT2D eigenvalue weighted by molar-refractivity contribution is 6.67. The van der Waals surface area contributed by atoms with Crippen LogP contribution >= 0.6 is 34.8 Å². The van der Waals surface area contributed by atoms with Gasteiger partial charge in [-0.15, -0.1) is 0 Å². The molecule has 0 aliphatic heterocycles. The number of nitrogens with one attached hydrogen (secondary N) is 3. The van der Waals surface area contributed by atoms with Crippen LogP contribution in [0.15, 0.2) is 78.9 Å². The first-order valence-corrected chi connectivity index (χ1v) is 15.6. The van der Waals surface area contributed by atoms with E-state index in [0.29, 0.717) is 33.5 Å². The van der Waals surface area contributed by atoms with E-state index in [1.54, 1.807) is 6.07 Å². The number of aromatic nitrogens is 2. The van der Waals surface area contributed by atoms with Crippen molar-refractivity contribution in [3.05, 3.63) is 107 Å². The molecule has 1 aromatic heterocycles. The standard InChI is InChI=1S/C32H27Cl3F4N6O3/c33-31(34,35)17-48-30(47)44(18-40)22-7-4-8-23(14-22)45-26(15-27(43-45)32(37,38)39)29(46)42-25-13-21(11-12-24(25)36)28(41-16-19-9-10-19)20-5-2-1-3-6-20/h1-8,11-15,18-19,28,40-41H,9-10,16-17H2,(H,42,46). The van der Waals surface area contributed by atoms with E-state index in [1.807, 2.05) is 30.3 Å². The van der Waals surface area contributed by atoms with Crippen LogP contribution in [0.2, 0.25) is 0 Å². The fraction of sp³-hybridized carbons (Fsp3) is 0.250. The molecule has 3 N–H and O–H groups in total. The fourth-order valence-corrected chi connectivity index (χ4v) is 4.95. The molecule has 16 heteroatoms.